The molecule has 0 radical (unpaired) electrons. The van der Waals surface area contributed by atoms with Crippen LogP contribution in [0, 0.1) is 6.92 Å². The van der Waals surface area contributed by atoms with Gasteiger partial charge in [0.15, 0.2) is 5.65 Å². The Morgan fingerprint density at radius 2 is 1.86 bits per heavy atom. The molecule has 0 aliphatic carbocycles. The summed E-state index contributed by atoms with van der Waals surface area (Å²) >= 11 is 6.13. The Balaban J connectivity index is 1.88. The van der Waals surface area contributed by atoms with Gasteiger partial charge in [0.25, 0.3) is 10.0 Å². The summed E-state index contributed by atoms with van der Waals surface area (Å²) in [6.45, 7) is 4.75. The SMILES string of the molecule is CCCn1cc(-c2nc(Cl)nc3c2ccn3S(=O)(=O)c2ccc(C)cc2)cn1. The minimum absolute atomic E-state index is 0.0233. The molecule has 0 bridgehead atoms. The third-order valence-corrected chi connectivity index (χ3v) is 6.27. The average Bonchev–Trinajstić information content (AvgIpc) is 3.29. The number of aryl methyl sites for hydroxylation is 2. The fraction of sp³-hybridized carbons (Fsp3) is 0.211. The highest BCUT2D eigenvalue weighted by Crippen LogP contribution is 2.30. The minimum Gasteiger partial charge on any atom is -0.272 e. The Morgan fingerprint density at radius 1 is 1.11 bits per heavy atom. The lowest BCUT2D eigenvalue weighted by Crippen LogP contribution is -2.12. The topological polar surface area (TPSA) is 82.7 Å². The molecule has 0 amide bonds. The fourth-order valence-electron chi connectivity index (χ4n) is 3.04. The van der Waals surface area contributed by atoms with Gasteiger partial charge in [-0.1, -0.05) is 24.6 Å². The molecule has 0 saturated carbocycles. The maximum Gasteiger partial charge on any atom is 0.269 e. The van der Waals surface area contributed by atoms with Gasteiger partial charge in [0, 0.05) is 29.9 Å². The van der Waals surface area contributed by atoms with Crippen molar-refractivity contribution >= 4 is 32.7 Å². The van der Waals surface area contributed by atoms with Crippen LogP contribution in [0.1, 0.15) is 18.9 Å². The molecule has 0 fully saturated rings. The molecule has 3 heterocycles. The fourth-order valence-corrected chi connectivity index (χ4v) is 4.50. The maximum atomic E-state index is 13.1. The van der Waals surface area contributed by atoms with Crippen LogP contribution < -0.4 is 0 Å². The number of benzene rings is 1. The minimum atomic E-state index is -3.81. The van der Waals surface area contributed by atoms with E-state index >= 15 is 0 Å². The van der Waals surface area contributed by atoms with Crippen LogP contribution in [0.4, 0.5) is 0 Å². The van der Waals surface area contributed by atoms with Crippen molar-refractivity contribution in [2.24, 2.45) is 0 Å². The molecule has 0 aliphatic rings. The quantitative estimate of drug-likeness (QED) is 0.461. The van der Waals surface area contributed by atoms with Crippen LogP contribution in [0.3, 0.4) is 0 Å². The summed E-state index contributed by atoms with van der Waals surface area (Å²) in [4.78, 5) is 8.69. The van der Waals surface area contributed by atoms with Gasteiger partial charge in [-0.3, -0.25) is 4.68 Å². The molecular weight excluding hydrogens is 398 g/mol. The van der Waals surface area contributed by atoms with E-state index in [1.54, 1.807) is 36.5 Å². The second-order valence-electron chi connectivity index (χ2n) is 6.50. The molecule has 0 atom stereocenters. The maximum absolute atomic E-state index is 13.1. The molecular formula is C19H18ClN5O2S. The monoisotopic (exact) mass is 415 g/mol. The van der Waals surface area contributed by atoms with Gasteiger partial charge in [0.2, 0.25) is 5.28 Å². The molecule has 0 saturated heterocycles. The molecule has 0 aliphatic heterocycles. The van der Waals surface area contributed by atoms with Gasteiger partial charge in [0.05, 0.1) is 16.8 Å². The summed E-state index contributed by atoms with van der Waals surface area (Å²) in [6.07, 6.45) is 5.99. The molecule has 4 rings (SSSR count). The van der Waals surface area contributed by atoms with Crippen LogP contribution in [-0.2, 0) is 16.6 Å². The molecule has 28 heavy (non-hydrogen) atoms. The van der Waals surface area contributed by atoms with Gasteiger partial charge < -0.3 is 0 Å². The summed E-state index contributed by atoms with van der Waals surface area (Å²) < 4.78 is 29.2. The van der Waals surface area contributed by atoms with Crippen LogP contribution in [0.15, 0.2) is 53.8 Å². The Morgan fingerprint density at radius 3 is 2.57 bits per heavy atom. The average molecular weight is 416 g/mol. The zero-order valence-electron chi connectivity index (χ0n) is 15.4. The summed E-state index contributed by atoms with van der Waals surface area (Å²) in [6, 6.07) is 8.36. The molecule has 0 N–H and O–H groups in total. The van der Waals surface area contributed by atoms with Crippen molar-refractivity contribution in [2.75, 3.05) is 0 Å². The first-order valence-electron chi connectivity index (χ1n) is 8.80. The number of hydrogen-bond donors (Lipinski definition) is 0. The van der Waals surface area contributed by atoms with Gasteiger partial charge >= 0.3 is 0 Å². The van der Waals surface area contributed by atoms with Crippen LogP contribution in [-0.4, -0.2) is 32.1 Å². The zero-order valence-corrected chi connectivity index (χ0v) is 16.9. The molecule has 1 aromatic carbocycles. The van der Waals surface area contributed by atoms with E-state index in [-0.39, 0.29) is 15.8 Å². The highest BCUT2D eigenvalue weighted by atomic mass is 35.5. The largest absolute Gasteiger partial charge is 0.272 e. The van der Waals surface area contributed by atoms with Crippen LogP contribution >= 0.6 is 11.6 Å². The first-order chi connectivity index (χ1) is 13.4. The lowest BCUT2D eigenvalue weighted by molar-refractivity contribution is 0.588. The number of hydrogen-bond acceptors (Lipinski definition) is 5. The summed E-state index contributed by atoms with van der Waals surface area (Å²) in [5.41, 5.74) is 2.52. The van der Waals surface area contributed by atoms with E-state index in [2.05, 4.69) is 22.0 Å². The Kier molecular flexibility index (Phi) is 4.68. The first kappa shape index (κ1) is 18.6. The predicted molar refractivity (Wildman–Crippen MR) is 108 cm³/mol. The Labute approximate surface area is 167 Å². The first-order valence-corrected chi connectivity index (χ1v) is 10.6. The summed E-state index contributed by atoms with van der Waals surface area (Å²) in [5, 5.41) is 4.89. The van der Waals surface area contributed by atoms with Gasteiger partial charge in [0.1, 0.15) is 0 Å². The van der Waals surface area contributed by atoms with Gasteiger partial charge in [-0.2, -0.15) is 10.1 Å². The summed E-state index contributed by atoms with van der Waals surface area (Å²) in [5.74, 6) is 0. The number of aromatic nitrogens is 5. The van der Waals surface area contributed by atoms with Crippen molar-refractivity contribution in [1.82, 2.24) is 23.7 Å². The molecule has 0 unspecified atom stereocenters. The van der Waals surface area contributed by atoms with E-state index in [4.69, 9.17) is 11.6 Å². The lowest BCUT2D eigenvalue weighted by atomic mass is 10.2. The third kappa shape index (κ3) is 3.18. The highest BCUT2D eigenvalue weighted by molar-refractivity contribution is 7.90. The number of fused-ring (bicyclic) bond motifs is 1. The van der Waals surface area contributed by atoms with Gasteiger partial charge in [-0.05, 0) is 43.1 Å². The van der Waals surface area contributed by atoms with Crippen LogP contribution in [0.25, 0.3) is 22.3 Å². The molecule has 3 aromatic heterocycles. The van der Waals surface area contributed by atoms with Crippen molar-refractivity contribution in [3.63, 3.8) is 0 Å². The van der Waals surface area contributed by atoms with E-state index in [0.29, 0.717) is 11.1 Å². The number of rotatable bonds is 5. The predicted octanol–water partition coefficient (Wildman–Crippen LogP) is 3.90. The standard InChI is InChI=1S/C19H18ClN5O2S/c1-3-9-24-12-14(11-21-24)17-16-8-10-25(18(16)23-19(20)22-17)28(26,27)15-6-4-13(2)5-7-15/h4-8,10-12H,3,9H2,1-2H3. The van der Waals surface area contributed by atoms with E-state index in [1.807, 2.05) is 17.8 Å². The number of nitrogens with zero attached hydrogens (tertiary/aromatic N) is 5. The van der Waals surface area contributed by atoms with Crippen LogP contribution in [0.5, 0.6) is 0 Å². The smallest absolute Gasteiger partial charge is 0.269 e. The van der Waals surface area contributed by atoms with Gasteiger partial charge in [-0.15, -0.1) is 0 Å². The van der Waals surface area contributed by atoms with E-state index < -0.39 is 10.0 Å². The molecule has 7 nitrogen and oxygen atoms in total. The van der Waals surface area contributed by atoms with Crippen molar-refractivity contribution in [2.45, 2.75) is 31.7 Å². The Bertz CT molecular complexity index is 1260. The van der Waals surface area contributed by atoms with E-state index in [1.165, 1.54) is 6.20 Å². The third-order valence-electron chi connectivity index (χ3n) is 4.42. The molecule has 144 valence electrons. The van der Waals surface area contributed by atoms with Crippen molar-refractivity contribution in [3.8, 4) is 11.3 Å². The summed E-state index contributed by atoms with van der Waals surface area (Å²) in [7, 11) is -3.81. The zero-order chi connectivity index (χ0) is 19.9. The molecule has 0 spiro atoms. The van der Waals surface area contributed by atoms with Crippen molar-refractivity contribution < 1.29 is 8.42 Å². The Hall–Kier alpha value is -2.71. The van der Waals surface area contributed by atoms with E-state index in [9.17, 15) is 8.42 Å². The molecule has 4 aromatic rings. The van der Waals surface area contributed by atoms with Crippen molar-refractivity contribution in [1.29, 1.82) is 0 Å². The second-order valence-corrected chi connectivity index (χ2v) is 8.65. The van der Waals surface area contributed by atoms with Crippen LogP contribution in [0.2, 0.25) is 5.28 Å². The van der Waals surface area contributed by atoms with E-state index in [0.717, 1.165) is 28.1 Å². The van der Waals surface area contributed by atoms with Crippen molar-refractivity contribution in [3.05, 3.63) is 59.8 Å². The lowest BCUT2D eigenvalue weighted by Gasteiger charge is -2.08. The highest BCUT2D eigenvalue weighted by Gasteiger charge is 2.22. The second kappa shape index (κ2) is 7.03. The normalized spacial score (nSPS) is 12.0. The van der Waals surface area contributed by atoms with Gasteiger partial charge in [-0.25, -0.2) is 17.4 Å². The number of halogens is 1. The molecule has 9 heteroatoms.